The molecule has 0 spiro atoms. The minimum atomic E-state index is -0.952. The van der Waals surface area contributed by atoms with Crippen molar-refractivity contribution in [1.29, 1.82) is 0 Å². The van der Waals surface area contributed by atoms with Crippen molar-refractivity contribution in [3.63, 3.8) is 0 Å². The van der Waals surface area contributed by atoms with Crippen molar-refractivity contribution < 1.29 is 23.9 Å². The molecule has 0 heterocycles. The summed E-state index contributed by atoms with van der Waals surface area (Å²) in [5.41, 5.74) is 3.77. The van der Waals surface area contributed by atoms with Gasteiger partial charge in [0.1, 0.15) is 0 Å². The van der Waals surface area contributed by atoms with Crippen LogP contribution in [0.25, 0.3) is 0 Å². The highest BCUT2D eigenvalue weighted by Gasteiger charge is 2.17. The van der Waals surface area contributed by atoms with Gasteiger partial charge in [0.05, 0.1) is 23.4 Å². The molecule has 3 aromatic rings. The van der Waals surface area contributed by atoms with E-state index in [1.54, 1.807) is 67.6 Å². The number of hydrogen-bond donors (Lipinski definition) is 2. The van der Waals surface area contributed by atoms with Gasteiger partial charge in [-0.05, 0) is 61.5 Å². The number of hydrogen-bond acceptors (Lipinski definition) is 6. The number of nitrogens with zero attached hydrogens (tertiary/aromatic N) is 1. The number of anilines is 1. The van der Waals surface area contributed by atoms with Crippen LogP contribution in [0, 0.1) is 0 Å². The normalized spacial score (nSPS) is 10.9. The van der Waals surface area contributed by atoms with Crippen molar-refractivity contribution in [2.24, 2.45) is 5.10 Å². The molecule has 0 aliphatic carbocycles. The van der Waals surface area contributed by atoms with Gasteiger partial charge >= 0.3 is 17.8 Å². The van der Waals surface area contributed by atoms with Crippen LogP contribution >= 0.6 is 23.2 Å². The number of hydrazone groups is 1. The first-order valence-corrected chi connectivity index (χ1v) is 10.6. The highest BCUT2D eigenvalue weighted by molar-refractivity contribution is 6.39. The summed E-state index contributed by atoms with van der Waals surface area (Å²) in [6.45, 7) is 1.63. The number of carbonyl (C=O) groups is 3. The van der Waals surface area contributed by atoms with E-state index in [1.165, 1.54) is 13.2 Å². The molecule has 2 N–H and O–H groups in total. The number of nitrogens with one attached hydrogen (secondary N) is 2. The summed E-state index contributed by atoms with van der Waals surface area (Å²) in [6.07, 6.45) is 0. The lowest BCUT2D eigenvalue weighted by atomic mass is 10.1. The van der Waals surface area contributed by atoms with E-state index < -0.39 is 17.8 Å². The van der Waals surface area contributed by atoms with Crippen LogP contribution in [0.15, 0.2) is 71.8 Å². The van der Waals surface area contributed by atoms with Crippen LogP contribution in [0.1, 0.15) is 22.8 Å². The molecule has 0 fully saturated rings. The Labute approximate surface area is 205 Å². The Hall–Kier alpha value is -3.88. The predicted octanol–water partition coefficient (Wildman–Crippen LogP) is 4.70. The summed E-state index contributed by atoms with van der Waals surface area (Å²) in [6, 6.07) is 17.5. The number of rotatable bonds is 6. The van der Waals surface area contributed by atoms with E-state index in [9.17, 15) is 14.4 Å². The third kappa shape index (κ3) is 6.34. The molecule has 3 aromatic carbocycles. The van der Waals surface area contributed by atoms with E-state index in [1.807, 2.05) is 0 Å². The molecule has 34 heavy (non-hydrogen) atoms. The van der Waals surface area contributed by atoms with Gasteiger partial charge in [0.25, 0.3) is 0 Å². The van der Waals surface area contributed by atoms with Crippen molar-refractivity contribution >= 4 is 52.4 Å². The first-order chi connectivity index (χ1) is 16.3. The number of benzene rings is 3. The molecule has 0 bridgehead atoms. The summed E-state index contributed by atoms with van der Waals surface area (Å²) in [5.74, 6) is -2.04. The third-order valence-electron chi connectivity index (χ3n) is 4.51. The molecular formula is C24H19Cl2N3O5. The van der Waals surface area contributed by atoms with Gasteiger partial charge in [0.15, 0.2) is 11.5 Å². The molecular weight excluding hydrogens is 481 g/mol. The molecule has 2 amide bonds. The maximum absolute atomic E-state index is 12.4. The summed E-state index contributed by atoms with van der Waals surface area (Å²) in [4.78, 5) is 36.5. The fraction of sp³-hybridized carbons (Fsp3) is 0.0833. The average molecular weight is 500 g/mol. The first-order valence-electron chi connectivity index (χ1n) is 9.84. The second-order valence-electron chi connectivity index (χ2n) is 6.83. The maximum Gasteiger partial charge on any atom is 0.345 e. The van der Waals surface area contributed by atoms with E-state index in [0.717, 1.165) is 0 Å². The fourth-order valence-corrected chi connectivity index (χ4v) is 3.07. The zero-order valence-electron chi connectivity index (χ0n) is 18.1. The van der Waals surface area contributed by atoms with Gasteiger partial charge in [-0.15, -0.1) is 0 Å². The Morgan fingerprint density at radius 3 is 2.26 bits per heavy atom. The number of esters is 1. The van der Waals surface area contributed by atoms with Crippen LogP contribution in [0.5, 0.6) is 11.5 Å². The molecule has 0 aliphatic heterocycles. The monoisotopic (exact) mass is 499 g/mol. The molecule has 0 aromatic heterocycles. The standard InChI is InChI=1S/C24H19Cl2N3O5/c1-14(28-29-23(31)22(30)27-17-10-8-16(25)9-11-17)15-7-12-20(21(13-15)33-2)34-24(32)18-5-3-4-6-19(18)26/h3-13H,1-2H3,(H,27,30)(H,29,31)/b28-14+. The Balaban J connectivity index is 1.67. The van der Waals surface area contributed by atoms with Gasteiger partial charge in [0, 0.05) is 16.3 Å². The minimum absolute atomic E-state index is 0.176. The quantitative estimate of drug-likeness (QED) is 0.168. The average Bonchev–Trinajstić information content (AvgIpc) is 2.84. The van der Waals surface area contributed by atoms with Crippen molar-refractivity contribution in [2.75, 3.05) is 12.4 Å². The summed E-state index contributed by atoms with van der Waals surface area (Å²) in [5, 5.41) is 7.16. The third-order valence-corrected chi connectivity index (χ3v) is 5.09. The van der Waals surface area contributed by atoms with Crippen LogP contribution in [0.3, 0.4) is 0 Å². The molecule has 174 valence electrons. The zero-order chi connectivity index (χ0) is 24.7. The second-order valence-corrected chi connectivity index (χ2v) is 7.68. The van der Waals surface area contributed by atoms with Crippen molar-refractivity contribution in [3.05, 3.63) is 87.9 Å². The van der Waals surface area contributed by atoms with Crippen LogP contribution in [0.4, 0.5) is 5.69 Å². The summed E-state index contributed by atoms with van der Waals surface area (Å²) in [7, 11) is 1.42. The molecule has 8 nitrogen and oxygen atoms in total. The van der Waals surface area contributed by atoms with Crippen LogP contribution in [-0.4, -0.2) is 30.6 Å². The van der Waals surface area contributed by atoms with Crippen LogP contribution < -0.4 is 20.2 Å². The molecule has 10 heteroatoms. The molecule has 0 atom stereocenters. The second kappa shape index (κ2) is 11.3. The van der Waals surface area contributed by atoms with E-state index in [-0.39, 0.29) is 22.1 Å². The molecule has 0 saturated heterocycles. The Morgan fingerprint density at radius 2 is 1.59 bits per heavy atom. The topological polar surface area (TPSA) is 106 Å². The lowest BCUT2D eigenvalue weighted by molar-refractivity contribution is -0.136. The van der Waals surface area contributed by atoms with Gasteiger partial charge in [-0.25, -0.2) is 10.2 Å². The number of ether oxygens (including phenoxy) is 2. The van der Waals surface area contributed by atoms with E-state index >= 15 is 0 Å². The van der Waals surface area contributed by atoms with E-state index in [4.69, 9.17) is 32.7 Å². The zero-order valence-corrected chi connectivity index (χ0v) is 19.6. The lowest BCUT2D eigenvalue weighted by Crippen LogP contribution is -2.32. The van der Waals surface area contributed by atoms with Crippen molar-refractivity contribution in [1.82, 2.24) is 5.43 Å². The molecule has 0 aliphatic rings. The number of carbonyl (C=O) groups excluding carboxylic acids is 3. The smallest absolute Gasteiger partial charge is 0.345 e. The Bertz CT molecular complexity index is 1260. The van der Waals surface area contributed by atoms with Crippen molar-refractivity contribution in [2.45, 2.75) is 6.92 Å². The van der Waals surface area contributed by atoms with Crippen molar-refractivity contribution in [3.8, 4) is 11.5 Å². The minimum Gasteiger partial charge on any atom is -0.493 e. The SMILES string of the molecule is COc1cc(/C(C)=N/NC(=O)C(=O)Nc2ccc(Cl)cc2)ccc1OC(=O)c1ccccc1Cl. The predicted molar refractivity (Wildman–Crippen MR) is 130 cm³/mol. The lowest BCUT2D eigenvalue weighted by Gasteiger charge is -2.11. The van der Waals surface area contributed by atoms with Gasteiger partial charge < -0.3 is 14.8 Å². The number of amides is 2. The number of halogens is 2. The fourth-order valence-electron chi connectivity index (χ4n) is 2.73. The summed E-state index contributed by atoms with van der Waals surface area (Å²) >= 11 is 11.8. The van der Waals surface area contributed by atoms with Gasteiger partial charge in [-0.3, -0.25) is 9.59 Å². The highest BCUT2D eigenvalue weighted by atomic mass is 35.5. The van der Waals surface area contributed by atoms with E-state index in [0.29, 0.717) is 22.0 Å². The van der Waals surface area contributed by atoms with Gasteiger partial charge in [-0.2, -0.15) is 5.10 Å². The Kier molecular flexibility index (Phi) is 8.24. The van der Waals surface area contributed by atoms with Crippen LogP contribution in [0.2, 0.25) is 10.0 Å². The maximum atomic E-state index is 12.4. The Morgan fingerprint density at radius 1 is 0.882 bits per heavy atom. The van der Waals surface area contributed by atoms with Crippen LogP contribution in [-0.2, 0) is 9.59 Å². The van der Waals surface area contributed by atoms with Gasteiger partial charge in [-0.1, -0.05) is 35.3 Å². The first kappa shape index (κ1) is 24.8. The summed E-state index contributed by atoms with van der Waals surface area (Å²) < 4.78 is 10.7. The molecule has 0 unspecified atom stereocenters. The van der Waals surface area contributed by atoms with Gasteiger partial charge in [0.2, 0.25) is 0 Å². The van der Waals surface area contributed by atoms with E-state index in [2.05, 4.69) is 15.8 Å². The largest absolute Gasteiger partial charge is 0.493 e. The molecule has 0 radical (unpaired) electrons. The number of methoxy groups -OCH3 is 1. The highest BCUT2D eigenvalue weighted by Crippen LogP contribution is 2.30. The molecule has 0 saturated carbocycles. The molecule has 3 rings (SSSR count).